The lowest BCUT2D eigenvalue weighted by Crippen LogP contribution is -2.34. The Morgan fingerprint density at radius 3 is 2.15 bits per heavy atom. The molecule has 1 aliphatic rings. The van der Waals surface area contributed by atoms with E-state index in [0.717, 1.165) is 19.1 Å². The Labute approximate surface area is 120 Å². The molecule has 0 bridgehead atoms. The van der Waals surface area contributed by atoms with E-state index < -0.39 is 0 Å². The second-order valence-electron chi connectivity index (χ2n) is 4.90. The Morgan fingerprint density at radius 1 is 1.10 bits per heavy atom. The first-order valence-corrected chi connectivity index (χ1v) is 7.23. The molecule has 0 saturated heterocycles. The van der Waals surface area contributed by atoms with E-state index in [4.69, 9.17) is 0 Å². The molecule has 0 aliphatic heterocycles. The monoisotopic (exact) mass is 276 g/mol. The summed E-state index contributed by atoms with van der Waals surface area (Å²) in [6.45, 7) is 0. The number of rotatable bonds is 3. The Bertz CT molecular complexity index is 407. The summed E-state index contributed by atoms with van der Waals surface area (Å²) < 4.78 is 0. The molecule has 0 unspecified atom stereocenters. The fraction of sp³-hybridized carbons (Fsp3) is 0.500. The second-order valence-corrected chi connectivity index (χ2v) is 4.90. The van der Waals surface area contributed by atoms with Gasteiger partial charge in [-0.05, 0) is 32.0 Å². The minimum absolute atomic E-state index is 0.0284. The SMILES string of the molecule is CN.O=Cc1ccc(C(=O)NC2CCCCCC2)cc1. The highest BCUT2D eigenvalue weighted by Gasteiger charge is 2.15. The Kier molecular flexibility index (Phi) is 7.58. The summed E-state index contributed by atoms with van der Waals surface area (Å²) in [4.78, 5) is 22.6. The molecule has 1 aromatic carbocycles. The molecule has 0 aromatic heterocycles. The van der Waals surface area contributed by atoms with Crippen LogP contribution in [0.3, 0.4) is 0 Å². The normalized spacial score (nSPS) is 15.5. The van der Waals surface area contributed by atoms with Crippen LogP contribution >= 0.6 is 0 Å². The molecule has 3 N–H and O–H groups in total. The van der Waals surface area contributed by atoms with Gasteiger partial charge in [0.2, 0.25) is 0 Å². The summed E-state index contributed by atoms with van der Waals surface area (Å²) in [5.74, 6) is -0.0284. The lowest BCUT2D eigenvalue weighted by Gasteiger charge is -2.16. The predicted octanol–water partition coefficient (Wildman–Crippen LogP) is 2.53. The topological polar surface area (TPSA) is 72.2 Å². The van der Waals surface area contributed by atoms with Crippen LogP contribution in [0, 0.1) is 0 Å². The summed E-state index contributed by atoms with van der Waals surface area (Å²) in [6, 6.07) is 7.07. The Morgan fingerprint density at radius 2 is 1.65 bits per heavy atom. The van der Waals surface area contributed by atoms with Crippen molar-refractivity contribution in [1.29, 1.82) is 0 Å². The third-order valence-corrected chi connectivity index (χ3v) is 3.50. The zero-order valence-corrected chi connectivity index (χ0v) is 12.1. The molecule has 0 heterocycles. The highest BCUT2D eigenvalue weighted by molar-refractivity contribution is 5.95. The van der Waals surface area contributed by atoms with Crippen molar-refractivity contribution in [3.05, 3.63) is 35.4 Å². The van der Waals surface area contributed by atoms with Gasteiger partial charge in [-0.3, -0.25) is 9.59 Å². The van der Waals surface area contributed by atoms with Crippen LogP contribution in [0.1, 0.15) is 59.2 Å². The summed E-state index contributed by atoms with van der Waals surface area (Å²) >= 11 is 0. The van der Waals surface area contributed by atoms with Crippen molar-refractivity contribution in [3.63, 3.8) is 0 Å². The molecular weight excluding hydrogens is 252 g/mol. The molecule has 1 aliphatic carbocycles. The highest BCUT2D eigenvalue weighted by Crippen LogP contribution is 2.17. The average Bonchev–Trinajstić information content (AvgIpc) is 2.78. The van der Waals surface area contributed by atoms with E-state index in [1.807, 2.05) is 0 Å². The molecule has 0 atom stereocenters. The number of benzene rings is 1. The second kappa shape index (κ2) is 9.26. The van der Waals surface area contributed by atoms with Crippen LogP contribution in [0.5, 0.6) is 0 Å². The molecule has 0 spiro atoms. The van der Waals surface area contributed by atoms with E-state index in [1.165, 1.54) is 32.7 Å². The zero-order valence-electron chi connectivity index (χ0n) is 12.1. The largest absolute Gasteiger partial charge is 0.349 e. The molecule has 1 amide bonds. The predicted molar refractivity (Wildman–Crippen MR) is 80.9 cm³/mol. The number of carbonyl (C=O) groups is 2. The Hall–Kier alpha value is -1.68. The van der Waals surface area contributed by atoms with Gasteiger partial charge in [-0.1, -0.05) is 37.8 Å². The van der Waals surface area contributed by atoms with Gasteiger partial charge >= 0.3 is 0 Å². The lowest BCUT2D eigenvalue weighted by atomic mass is 10.1. The molecular formula is C16H24N2O2. The molecule has 20 heavy (non-hydrogen) atoms. The number of hydrogen-bond acceptors (Lipinski definition) is 3. The van der Waals surface area contributed by atoms with Crippen LogP contribution in [0.15, 0.2) is 24.3 Å². The lowest BCUT2D eigenvalue weighted by molar-refractivity contribution is 0.0932. The van der Waals surface area contributed by atoms with E-state index in [1.54, 1.807) is 24.3 Å². The van der Waals surface area contributed by atoms with Crippen molar-refractivity contribution in [2.45, 2.75) is 44.6 Å². The number of hydrogen-bond donors (Lipinski definition) is 2. The molecule has 4 heteroatoms. The van der Waals surface area contributed by atoms with Crippen molar-refractivity contribution in [3.8, 4) is 0 Å². The summed E-state index contributed by atoms with van der Waals surface area (Å²) in [5.41, 5.74) is 5.73. The zero-order chi connectivity index (χ0) is 14.8. The standard InChI is InChI=1S/C15H19NO2.CH5N/c17-11-12-7-9-13(10-8-12)15(18)16-14-5-3-1-2-4-6-14;1-2/h7-11,14H,1-6H2,(H,16,18);2H2,1H3. The van der Waals surface area contributed by atoms with Gasteiger partial charge in [0.1, 0.15) is 6.29 Å². The number of aldehydes is 1. The maximum absolute atomic E-state index is 12.0. The van der Waals surface area contributed by atoms with Gasteiger partial charge < -0.3 is 11.1 Å². The quantitative estimate of drug-likeness (QED) is 0.658. The third kappa shape index (κ3) is 5.13. The van der Waals surface area contributed by atoms with Gasteiger partial charge in [-0.15, -0.1) is 0 Å². The molecule has 110 valence electrons. The van der Waals surface area contributed by atoms with Crippen molar-refractivity contribution in [2.24, 2.45) is 5.73 Å². The minimum Gasteiger partial charge on any atom is -0.349 e. The van der Waals surface area contributed by atoms with Crippen LogP contribution in [-0.4, -0.2) is 25.3 Å². The molecule has 0 radical (unpaired) electrons. The van der Waals surface area contributed by atoms with E-state index >= 15 is 0 Å². The summed E-state index contributed by atoms with van der Waals surface area (Å²) in [7, 11) is 1.50. The molecule has 2 rings (SSSR count). The number of nitrogens with two attached hydrogens (primary N) is 1. The van der Waals surface area contributed by atoms with Crippen molar-refractivity contribution < 1.29 is 9.59 Å². The van der Waals surface area contributed by atoms with E-state index in [-0.39, 0.29) is 5.91 Å². The van der Waals surface area contributed by atoms with Crippen molar-refractivity contribution in [1.82, 2.24) is 5.32 Å². The average molecular weight is 276 g/mol. The van der Waals surface area contributed by atoms with Gasteiger partial charge in [-0.2, -0.15) is 0 Å². The van der Waals surface area contributed by atoms with Gasteiger partial charge in [0.05, 0.1) is 0 Å². The van der Waals surface area contributed by atoms with Crippen molar-refractivity contribution in [2.75, 3.05) is 7.05 Å². The maximum atomic E-state index is 12.0. The fourth-order valence-electron chi connectivity index (χ4n) is 2.41. The smallest absolute Gasteiger partial charge is 0.251 e. The summed E-state index contributed by atoms with van der Waals surface area (Å²) in [5, 5.41) is 3.09. The first kappa shape index (κ1) is 16.4. The number of amides is 1. The van der Waals surface area contributed by atoms with Gasteiger partial charge in [0.25, 0.3) is 5.91 Å². The fourth-order valence-corrected chi connectivity index (χ4v) is 2.41. The van der Waals surface area contributed by atoms with Gasteiger partial charge in [-0.25, -0.2) is 0 Å². The highest BCUT2D eigenvalue weighted by atomic mass is 16.1. The molecule has 1 fully saturated rings. The van der Waals surface area contributed by atoms with Gasteiger partial charge in [0, 0.05) is 17.2 Å². The van der Waals surface area contributed by atoms with Gasteiger partial charge in [0.15, 0.2) is 0 Å². The minimum atomic E-state index is -0.0284. The third-order valence-electron chi connectivity index (χ3n) is 3.50. The van der Waals surface area contributed by atoms with Crippen molar-refractivity contribution >= 4 is 12.2 Å². The van der Waals surface area contributed by atoms with Crippen LogP contribution in [-0.2, 0) is 0 Å². The first-order valence-electron chi connectivity index (χ1n) is 7.23. The Balaban J connectivity index is 0.000000956. The van der Waals surface area contributed by atoms with Crippen LogP contribution in [0.2, 0.25) is 0 Å². The number of carbonyl (C=O) groups excluding carboxylic acids is 2. The van der Waals surface area contributed by atoms with Crippen LogP contribution in [0.25, 0.3) is 0 Å². The molecule has 1 aromatic rings. The summed E-state index contributed by atoms with van der Waals surface area (Å²) in [6.07, 6.45) is 7.91. The first-order chi connectivity index (χ1) is 9.79. The number of nitrogens with one attached hydrogen (secondary N) is 1. The van der Waals surface area contributed by atoms with E-state index in [2.05, 4.69) is 11.1 Å². The maximum Gasteiger partial charge on any atom is 0.251 e. The van der Waals surface area contributed by atoms with E-state index in [9.17, 15) is 9.59 Å². The molecule has 4 nitrogen and oxygen atoms in total. The molecule has 1 saturated carbocycles. The van der Waals surface area contributed by atoms with E-state index in [0.29, 0.717) is 17.2 Å². The van der Waals surface area contributed by atoms with Crippen LogP contribution in [0.4, 0.5) is 0 Å². The van der Waals surface area contributed by atoms with Crippen LogP contribution < -0.4 is 11.1 Å².